The standard InChI is InChI=1S/C23H27BrCl2N2O3/c1-5-21(23(30)27-14(2)3)28(12-16-6-7-17(25)11-20(16)26)22(29)13-31-18-8-9-19(24)15(4)10-18/h6-11,14,21H,5,12-13H2,1-4H3,(H,27,30)/t21-/m1/s1. The van der Waals surface area contributed by atoms with Crippen LogP contribution in [0.4, 0.5) is 0 Å². The third-order valence-electron chi connectivity index (χ3n) is 4.66. The molecule has 0 saturated carbocycles. The first-order chi connectivity index (χ1) is 14.6. The van der Waals surface area contributed by atoms with Crippen molar-refractivity contribution >= 4 is 50.9 Å². The number of hydrogen-bond acceptors (Lipinski definition) is 3. The van der Waals surface area contributed by atoms with E-state index in [4.69, 9.17) is 27.9 Å². The first kappa shape index (κ1) is 25.5. The van der Waals surface area contributed by atoms with Crippen molar-refractivity contribution in [3.63, 3.8) is 0 Å². The Kier molecular flexibility index (Phi) is 9.66. The molecule has 0 aromatic heterocycles. The first-order valence-corrected chi connectivity index (χ1v) is 11.6. The molecule has 2 aromatic rings. The van der Waals surface area contributed by atoms with Crippen LogP contribution >= 0.6 is 39.1 Å². The van der Waals surface area contributed by atoms with E-state index in [2.05, 4.69) is 21.2 Å². The predicted molar refractivity (Wildman–Crippen MR) is 129 cm³/mol. The summed E-state index contributed by atoms with van der Waals surface area (Å²) in [6, 6.07) is 9.89. The summed E-state index contributed by atoms with van der Waals surface area (Å²) in [6.07, 6.45) is 0.451. The Balaban J connectivity index is 2.26. The summed E-state index contributed by atoms with van der Waals surface area (Å²) >= 11 is 15.8. The van der Waals surface area contributed by atoms with E-state index in [1.54, 1.807) is 24.3 Å². The molecule has 0 aliphatic rings. The highest BCUT2D eigenvalue weighted by molar-refractivity contribution is 9.10. The molecule has 0 unspecified atom stereocenters. The molecule has 2 amide bonds. The van der Waals surface area contributed by atoms with Crippen LogP contribution in [0.25, 0.3) is 0 Å². The third-order valence-corrected chi connectivity index (χ3v) is 6.14. The first-order valence-electron chi connectivity index (χ1n) is 10.0. The molecule has 31 heavy (non-hydrogen) atoms. The van der Waals surface area contributed by atoms with E-state index in [0.717, 1.165) is 10.0 Å². The highest BCUT2D eigenvalue weighted by Gasteiger charge is 2.29. The Morgan fingerprint density at radius 1 is 1.16 bits per heavy atom. The Bertz CT molecular complexity index is 937. The minimum atomic E-state index is -0.656. The lowest BCUT2D eigenvalue weighted by molar-refractivity contribution is -0.143. The lowest BCUT2D eigenvalue weighted by Gasteiger charge is -2.31. The number of nitrogens with one attached hydrogen (secondary N) is 1. The number of benzene rings is 2. The topological polar surface area (TPSA) is 58.6 Å². The number of halogens is 3. The van der Waals surface area contributed by atoms with Crippen molar-refractivity contribution in [3.05, 3.63) is 62.0 Å². The van der Waals surface area contributed by atoms with Crippen molar-refractivity contribution in [2.24, 2.45) is 0 Å². The van der Waals surface area contributed by atoms with Gasteiger partial charge in [-0.1, -0.05) is 52.1 Å². The van der Waals surface area contributed by atoms with Crippen LogP contribution < -0.4 is 10.1 Å². The van der Waals surface area contributed by atoms with Crippen LogP contribution in [0.3, 0.4) is 0 Å². The van der Waals surface area contributed by atoms with Crippen LogP contribution in [0.2, 0.25) is 10.0 Å². The van der Waals surface area contributed by atoms with Gasteiger partial charge in [-0.05, 0) is 68.7 Å². The van der Waals surface area contributed by atoms with Gasteiger partial charge in [0.1, 0.15) is 11.8 Å². The third kappa shape index (κ3) is 7.41. The maximum atomic E-state index is 13.2. The normalized spacial score (nSPS) is 11.9. The largest absolute Gasteiger partial charge is 0.484 e. The average Bonchev–Trinajstić information content (AvgIpc) is 2.69. The van der Waals surface area contributed by atoms with Crippen molar-refractivity contribution in [3.8, 4) is 5.75 Å². The molecule has 0 bridgehead atoms. The van der Waals surface area contributed by atoms with Crippen molar-refractivity contribution in [1.29, 1.82) is 0 Å². The summed E-state index contributed by atoms with van der Waals surface area (Å²) in [5, 5.41) is 3.84. The van der Waals surface area contributed by atoms with Crippen molar-refractivity contribution < 1.29 is 14.3 Å². The SMILES string of the molecule is CC[C@H](C(=O)NC(C)C)N(Cc1ccc(Cl)cc1Cl)C(=O)COc1ccc(Br)c(C)c1. The Morgan fingerprint density at radius 2 is 1.87 bits per heavy atom. The van der Waals surface area contributed by atoms with Crippen molar-refractivity contribution in [2.75, 3.05) is 6.61 Å². The number of hydrogen-bond donors (Lipinski definition) is 1. The van der Waals surface area contributed by atoms with Crippen molar-refractivity contribution in [2.45, 2.75) is 52.7 Å². The average molecular weight is 530 g/mol. The van der Waals surface area contributed by atoms with Crippen LogP contribution in [0.1, 0.15) is 38.3 Å². The lowest BCUT2D eigenvalue weighted by atomic mass is 10.1. The van der Waals surface area contributed by atoms with Gasteiger partial charge in [-0.25, -0.2) is 0 Å². The number of rotatable bonds is 9. The second kappa shape index (κ2) is 11.7. The minimum Gasteiger partial charge on any atom is -0.484 e. The number of carbonyl (C=O) groups excluding carboxylic acids is 2. The molecule has 2 aromatic carbocycles. The number of carbonyl (C=O) groups is 2. The molecule has 8 heteroatoms. The van der Waals surface area contributed by atoms with E-state index in [9.17, 15) is 9.59 Å². The molecular weight excluding hydrogens is 503 g/mol. The van der Waals surface area contributed by atoms with E-state index in [1.807, 2.05) is 39.8 Å². The van der Waals surface area contributed by atoms with Gasteiger partial charge in [-0.2, -0.15) is 0 Å². The molecule has 168 valence electrons. The Labute approximate surface area is 202 Å². The summed E-state index contributed by atoms with van der Waals surface area (Å²) in [7, 11) is 0. The molecule has 0 fully saturated rings. The highest BCUT2D eigenvalue weighted by atomic mass is 79.9. The van der Waals surface area contributed by atoms with Gasteiger partial charge in [0.15, 0.2) is 6.61 Å². The number of amides is 2. The molecular formula is C23H27BrCl2N2O3. The monoisotopic (exact) mass is 528 g/mol. The zero-order valence-corrected chi connectivity index (χ0v) is 21.1. The molecule has 5 nitrogen and oxygen atoms in total. The van der Waals surface area contributed by atoms with E-state index in [-0.39, 0.29) is 31.0 Å². The number of nitrogens with zero attached hydrogens (tertiary/aromatic N) is 1. The summed E-state index contributed by atoms with van der Waals surface area (Å²) in [5.41, 5.74) is 1.70. The van der Waals surface area contributed by atoms with Gasteiger partial charge >= 0.3 is 0 Å². The van der Waals surface area contributed by atoms with Crippen LogP contribution in [-0.2, 0) is 16.1 Å². The molecule has 2 rings (SSSR count). The maximum Gasteiger partial charge on any atom is 0.261 e. The van der Waals surface area contributed by atoms with E-state index in [0.29, 0.717) is 27.8 Å². The zero-order valence-electron chi connectivity index (χ0n) is 18.0. The van der Waals surface area contributed by atoms with Gasteiger partial charge in [0, 0.05) is 27.1 Å². The second-order valence-corrected chi connectivity index (χ2v) is 9.24. The van der Waals surface area contributed by atoms with Crippen LogP contribution in [0.5, 0.6) is 5.75 Å². The molecule has 0 spiro atoms. The summed E-state index contributed by atoms with van der Waals surface area (Å²) in [5.74, 6) is 0.0611. The fourth-order valence-electron chi connectivity index (χ4n) is 3.07. The van der Waals surface area contributed by atoms with Crippen LogP contribution in [0.15, 0.2) is 40.9 Å². The second-order valence-electron chi connectivity index (χ2n) is 7.54. The van der Waals surface area contributed by atoms with Crippen molar-refractivity contribution in [1.82, 2.24) is 10.2 Å². The fraction of sp³-hybridized carbons (Fsp3) is 0.391. The molecule has 1 atom stereocenters. The fourth-order valence-corrected chi connectivity index (χ4v) is 3.78. The van der Waals surface area contributed by atoms with Gasteiger partial charge in [0.2, 0.25) is 5.91 Å². The molecule has 0 radical (unpaired) electrons. The van der Waals surface area contributed by atoms with E-state index < -0.39 is 6.04 Å². The van der Waals surface area contributed by atoms with E-state index in [1.165, 1.54) is 4.90 Å². The lowest BCUT2D eigenvalue weighted by Crippen LogP contribution is -2.51. The highest BCUT2D eigenvalue weighted by Crippen LogP contribution is 2.25. The number of ether oxygens (including phenoxy) is 1. The van der Waals surface area contributed by atoms with Gasteiger partial charge in [0.25, 0.3) is 5.91 Å². The predicted octanol–water partition coefficient (Wildman–Crippen LogP) is 5.78. The van der Waals surface area contributed by atoms with Gasteiger partial charge in [0.05, 0.1) is 0 Å². The van der Waals surface area contributed by atoms with Gasteiger partial charge < -0.3 is 15.0 Å². The van der Waals surface area contributed by atoms with E-state index >= 15 is 0 Å². The summed E-state index contributed by atoms with van der Waals surface area (Å²) in [6.45, 7) is 7.54. The molecule has 0 heterocycles. The molecule has 1 N–H and O–H groups in total. The Morgan fingerprint density at radius 3 is 2.45 bits per heavy atom. The van der Waals surface area contributed by atoms with Crippen LogP contribution in [0, 0.1) is 6.92 Å². The quantitative estimate of drug-likeness (QED) is 0.448. The molecule has 0 aliphatic carbocycles. The zero-order chi connectivity index (χ0) is 23.1. The number of aryl methyl sites for hydroxylation is 1. The maximum absolute atomic E-state index is 13.2. The summed E-state index contributed by atoms with van der Waals surface area (Å²) in [4.78, 5) is 27.5. The molecule has 0 aliphatic heterocycles. The smallest absolute Gasteiger partial charge is 0.261 e. The minimum absolute atomic E-state index is 0.0420. The molecule has 0 saturated heterocycles. The van der Waals surface area contributed by atoms with Gasteiger partial charge in [-0.15, -0.1) is 0 Å². The van der Waals surface area contributed by atoms with Crippen LogP contribution in [-0.4, -0.2) is 35.4 Å². The summed E-state index contributed by atoms with van der Waals surface area (Å²) < 4.78 is 6.69. The Hall–Kier alpha value is -1.76. The van der Waals surface area contributed by atoms with Gasteiger partial charge in [-0.3, -0.25) is 9.59 Å².